The van der Waals surface area contributed by atoms with Gasteiger partial charge < -0.3 is 14.6 Å². The standard InChI is InChI=1S/C29H26F6N6O4/c30-28(31,32)21-12-18(13-22(14-21)29(33,34)35)16-37-40-26(43)27(15-20-4-1-2-5-24(20)39-41-36)17-45-25(38-27)19-6-8-23(9-7-19)44-11-3-10-42/h1-2,4-9,12-14,37,42H,3,10-11,15-17H2,(H,40,43)/t27-/m0/s1. The summed E-state index contributed by atoms with van der Waals surface area (Å²) in [7, 11) is 0. The highest BCUT2D eigenvalue weighted by molar-refractivity contribution is 6.00. The fourth-order valence-electron chi connectivity index (χ4n) is 4.42. The molecule has 1 heterocycles. The Labute approximate surface area is 252 Å². The molecule has 0 fully saturated rings. The molecule has 238 valence electrons. The summed E-state index contributed by atoms with van der Waals surface area (Å²) >= 11 is 0. The maximum atomic E-state index is 13.6. The summed E-state index contributed by atoms with van der Waals surface area (Å²) in [5.41, 5.74) is 9.80. The number of alkyl halides is 6. The number of hydrogen-bond acceptors (Lipinski definition) is 7. The molecule has 1 aliphatic heterocycles. The fraction of sp³-hybridized carbons (Fsp3) is 0.310. The van der Waals surface area contributed by atoms with Crippen molar-refractivity contribution in [3.8, 4) is 5.75 Å². The summed E-state index contributed by atoms with van der Waals surface area (Å²) in [5.74, 6) is -0.202. The van der Waals surface area contributed by atoms with Gasteiger partial charge in [0, 0.05) is 42.2 Å². The van der Waals surface area contributed by atoms with E-state index in [4.69, 9.17) is 20.1 Å². The van der Waals surface area contributed by atoms with Gasteiger partial charge in [-0.25, -0.2) is 10.4 Å². The van der Waals surface area contributed by atoms with Crippen LogP contribution in [0.2, 0.25) is 0 Å². The van der Waals surface area contributed by atoms with Crippen LogP contribution in [0.5, 0.6) is 5.75 Å². The molecule has 1 aliphatic rings. The first kappa shape index (κ1) is 33.1. The van der Waals surface area contributed by atoms with Crippen LogP contribution in [0.3, 0.4) is 0 Å². The molecule has 45 heavy (non-hydrogen) atoms. The number of nitrogens with one attached hydrogen (secondary N) is 2. The molecule has 0 saturated heterocycles. The van der Waals surface area contributed by atoms with Gasteiger partial charge in [0.15, 0.2) is 5.54 Å². The topological polar surface area (TPSA) is 141 Å². The normalized spacial score (nSPS) is 16.4. The lowest BCUT2D eigenvalue weighted by atomic mass is 9.91. The van der Waals surface area contributed by atoms with Crippen LogP contribution >= 0.6 is 0 Å². The number of ether oxygens (including phenoxy) is 2. The molecule has 0 radical (unpaired) electrons. The Balaban J connectivity index is 1.59. The molecule has 0 bridgehead atoms. The van der Waals surface area contributed by atoms with Crippen LogP contribution in [0.4, 0.5) is 32.0 Å². The van der Waals surface area contributed by atoms with E-state index in [1.165, 1.54) is 6.07 Å². The molecule has 4 rings (SSSR count). The molecule has 3 aromatic carbocycles. The van der Waals surface area contributed by atoms with Crippen molar-refractivity contribution in [3.05, 3.63) is 105 Å². The lowest BCUT2D eigenvalue weighted by Gasteiger charge is -2.24. The summed E-state index contributed by atoms with van der Waals surface area (Å²) in [5, 5.41) is 12.6. The molecule has 0 spiro atoms. The first-order valence-corrected chi connectivity index (χ1v) is 13.4. The number of rotatable bonds is 12. The molecule has 3 aromatic rings. The molecule has 1 atom stereocenters. The third-order valence-electron chi connectivity index (χ3n) is 6.63. The number of hydrogen-bond donors (Lipinski definition) is 3. The van der Waals surface area contributed by atoms with Crippen LogP contribution in [-0.4, -0.2) is 42.3 Å². The van der Waals surface area contributed by atoms with Crippen LogP contribution in [0, 0.1) is 0 Å². The Kier molecular flexibility index (Phi) is 10.2. The molecule has 16 heteroatoms. The van der Waals surface area contributed by atoms with Gasteiger partial charge in [-0.3, -0.25) is 10.2 Å². The molecule has 0 aliphatic carbocycles. The molecule has 1 amide bonds. The van der Waals surface area contributed by atoms with Crippen LogP contribution < -0.4 is 15.6 Å². The maximum absolute atomic E-state index is 13.6. The zero-order valence-electron chi connectivity index (χ0n) is 23.3. The van der Waals surface area contributed by atoms with Gasteiger partial charge in [-0.2, -0.15) is 26.3 Å². The van der Waals surface area contributed by atoms with E-state index in [1.807, 2.05) is 0 Å². The van der Waals surface area contributed by atoms with E-state index in [1.54, 1.807) is 42.5 Å². The zero-order chi connectivity index (χ0) is 32.7. The van der Waals surface area contributed by atoms with Gasteiger partial charge >= 0.3 is 12.4 Å². The molecular weight excluding hydrogens is 610 g/mol. The number of amides is 1. The summed E-state index contributed by atoms with van der Waals surface area (Å²) < 4.78 is 90.9. The van der Waals surface area contributed by atoms with Gasteiger partial charge in [-0.15, -0.1) is 0 Å². The van der Waals surface area contributed by atoms with Crippen molar-refractivity contribution in [2.24, 2.45) is 10.1 Å². The number of aliphatic hydroxyl groups excluding tert-OH is 1. The second-order valence-electron chi connectivity index (χ2n) is 9.90. The number of benzene rings is 3. The van der Waals surface area contributed by atoms with Crippen LogP contribution in [0.15, 0.2) is 76.8 Å². The number of azide groups is 1. The Bertz CT molecular complexity index is 1560. The molecule has 3 N–H and O–H groups in total. The number of halogens is 6. The van der Waals surface area contributed by atoms with E-state index in [9.17, 15) is 31.1 Å². The van der Waals surface area contributed by atoms with E-state index in [0.717, 1.165) is 0 Å². The average molecular weight is 637 g/mol. The summed E-state index contributed by atoms with van der Waals surface area (Å²) in [6.07, 6.45) is -9.75. The molecule has 10 nitrogen and oxygen atoms in total. The van der Waals surface area contributed by atoms with Crippen molar-refractivity contribution >= 4 is 17.5 Å². The number of aliphatic hydroxyl groups is 1. The smallest absolute Gasteiger partial charge is 0.416 e. The minimum Gasteiger partial charge on any atom is -0.494 e. The number of aliphatic imine (C=N–C) groups is 1. The van der Waals surface area contributed by atoms with Crippen molar-refractivity contribution in [2.75, 3.05) is 19.8 Å². The van der Waals surface area contributed by atoms with Crippen molar-refractivity contribution in [2.45, 2.75) is 37.3 Å². The van der Waals surface area contributed by atoms with E-state index >= 15 is 0 Å². The van der Waals surface area contributed by atoms with E-state index in [2.05, 4.69) is 25.9 Å². The second kappa shape index (κ2) is 13.9. The minimum absolute atomic E-state index is 0.0120. The Morgan fingerprint density at radius 1 is 1.04 bits per heavy atom. The summed E-state index contributed by atoms with van der Waals surface area (Å²) in [6.45, 7) is -0.610. The first-order chi connectivity index (χ1) is 21.3. The summed E-state index contributed by atoms with van der Waals surface area (Å²) in [6, 6.07) is 14.1. The lowest BCUT2D eigenvalue weighted by molar-refractivity contribution is -0.143. The van der Waals surface area contributed by atoms with Gasteiger partial charge in [0.1, 0.15) is 12.4 Å². The van der Waals surface area contributed by atoms with E-state index in [0.29, 0.717) is 42.0 Å². The minimum atomic E-state index is -5.03. The number of carbonyl (C=O) groups is 1. The average Bonchev–Trinajstić information content (AvgIpc) is 3.43. The predicted molar refractivity (Wildman–Crippen MR) is 149 cm³/mol. The Morgan fingerprint density at radius 3 is 2.33 bits per heavy atom. The number of nitrogens with zero attached hydrogens (tertiary/aromatic N) is 4. The highest BCUT2D eigenvalue weighted by Gasteiger charge is 2.45. The van der Waals surface area contributed by atoms with Crippen molar-refractivity contribution in [3.63, 3.8) is 0 Å². The zero-order valence-corrected chi connectivity index (χ0v) is 23.3. The van der Waals surface area contributed by atoms with Gasteiger partial charge in [-0.05, 0) is 59.1 Å². The fourth-order valence-corrected chi connectivity index (χ4v) is 4.42. The van der Waals surface area contributed by atoms with Crippen LogP contribution in [-0.2, 0) is 34.8 Å². The largest absolute Gasteiger partial charge is 0.494 e. The molecule has 0 unspecified atom stereocenters. The van der Waals surface area contributed by atoms with Crippen molar-refractivity contribution in [1.29, 1.82) is 0 Å². The second-order valence-corrected chi connectivity index (χ2v) is 9.90. The van der Waals surface area contributed by atoms with Crippen LogP contribution in [0.25, 0.3) is 10.4 Å². The number of carbonyl (C=O) groups excluding carboxylic acids is 1. The molecule has 0 saturated carbocycles. The highest BCUT2D eigenvalue weighted by Crippen LogP contribution is 2.36. The summed E-state index contributed by atoms with van der Waals surface area (Å²) in [4.78, 5) is 20.9. The lowest BCUT2D eigenvalue weighted by Crippen LogP contribution is -2.52. The van der Waals surface area contributed by atoms with Gasteiger partial charge in [0.05, 0.1) is 17.7 Å². The highest BCUT2D eigenvalue weighted by atomic mass is 19.4. The predicted octanol–water partition coefficient (Wildman–Crippen LogP) is 6.01. The van der Waals surface area contributed by atoms with Gasteiger partial charge in [0.25, 0.3) is 5.91 Å². The van der Waals surface area contributed by atoms with Crippen molar-refractivity contribution in [1.82, 2.24) is 10.9 Å². The first-order valence-electron chi connectivity index (χ1n) is 13.4. The maximum Gasteiger partial charge on any atom is 0.416 e. The third-order valence-corrected chi connectivity index (χ3v) is 6.63. The number of hydrazine groups is 1. The van der Waals surface area contributed by atoms with E-state index < -0.39 is 41.5 Å². The van der Waals surface area contributed by atoms with Gasteiger partial charge in [0.2, 0.25) is 5.90 Å². The molecule has 0 aromatic heterocycles. The third kappa shape index (κ3) is 8.44. The van der Waals surface area contributed by atoms with Crippen LogP contribution in [0.1, 0.15) is 34.2 Å². The Morgan fingerprint density at radius 2 is 1.71 bits per heavy atom. The SMILES string of the molecule is [N-]=[N+]=Nc1ccccc1C[C@@]1(C(=O)NNCc2cc(C(F)(F)F)cc(C(F)(F)F)c2)COC(c2ccc(OCCCO)cc2)=N1. The Hall–Kier alpha value is -4.79. The van der Waals surface area contributed by atoms with E-state index in [-0.39, 0.29) is 42.8 Å². The monoisotopic (exact) mass is 636 g/mol. The molecular formula is C29H26F6N6O4. The van der Waals surface area contributed by atoms with Gasteiger partial charge in [-0.1, -0.05) is 29.4 Å². The quantitative estimate of drug-likeness (QED) is 0.0558. The van der Waals surface area contributed by atoms with Crippen molar-refractivity contribution < 1.29 is 45.7 Å².